The van der Waals surface area contributed by atoms with Crippen molar-refractivity contribution in [2.75, 3.05) is 105 Å². The summed E-state index contributed by atoms with van der Waals surface area (Å²) in [5.41, 5.74) is 9.76. The zero-order valence-corrected chi connectivity index (χ0v) is 35.9. The normalized spacial score (nSPS) is 11.6. The zero-order chi connectivity index (χ0) is 46.5. The maximum Gasteiger partial charge on any atom is 0.490 e. The van der Waals surface area contributed by atoms with E-state index in [9.17, 15) is 35.5 Å². The molecule has 2 aromatic carbocycles. The SMILES string of the molecule is CCCCCc1cc2c(CCCCCN(C)CCOCCOCCOCCOCCOCCOCCC(=O)Oc3c(F)c(F)cc(F)c3F)cccc2nc1N.O=C(O)C(F)(F)F. The van der Waals surface area contributed by atoms with Gasteiger partial charge in [0.1, 0.15) is 5.82 Å². The Kier molecular flexibility index (Phi) is 27.6. The number of nitrogens with zero attached hydrogens (tertiary/aromatic N) is 2. The summed E-state index contributed by atoms with van der Waals surface area (Å²) in [7, 11) is 2.13. The molecule has 1 heterocycles. The van der Waals surface area contributed by atoms with E-state index in [0.717, 1.165) is 50.7 Å². The number of aryl methyl sites for hydroxylation is 2. The van der Waals surface area contributed by atoms with E-state index in [0.29, 0.717) is 65.3 Å². The van der Waals surface area contributed by atoms with Crippen molar-refractivity contribution in [2.24, 2.45) is 0 Å². The van der Waals surface area contributed by atoms with Gasteiger partial charge >= 0.3 is 18.1 Å². The second-order valence-electron chi connectivity index (χ2n) is 14.1. The van der Waals surface area contributed by atoms with Gasteiger partial charge < -0.3 is 48.9 Å². The molecule has 0 spiro atoms. The van der Waals surface area contributed by atoms with Crippen molar-refractivity contribution in [1.82, 2.24) is 9.88 Å². The minimum Gasteiger partial charge on any atom is -0.475 e. The monoisotopic (exact) mass is 911 g/mol. The summed E-state index contributed by atoms with van der Waals surface area (Å²) >= 11 is 0. The number of fused-ring (bicyclic) bond motifs is 1. The number of hydrogen-bond acceptors (Lipinski definition) is 12. The predicted molar refractivity (Wildman–Crippen MR) is 220 cm³/mol. The highest BCUT2D eigenvalue weighted by Crippen LogP contribution is 2.27. The fourth-order valence-corrected chi connectivity index (χ4v) is 5.67. The van der Waals surface area contributed by atoms with Gasteiger partial charge in [-0.2, -0.15) is 22.0 Å². The van der Waals surface area contributed by atoms with Crippen LogP contribution in [0.4, 0.5) is 36.6 Å². The third-order valence-electron chi connectivity index (χ3n) is 9.06. The maximum absolute atomic E-state index is 13.6. The molecule has 0 aliphatic rings. The number of nitrogens with two attached hydrogens (primary N) is 1. The fraction of sp³-hybridized carbons (Fsp3) is 0.605. The molecule has 0 amide bonds. The minimum absolute atomic E-state index is 0.0251. The van der Waals surface area contributed by atoms with E-state index in [1.165, 1.54) is 35.8 Å². The summed E-state index contributed by atoms with van der Waals surface area (Å²) in [5.74, 6) is -11.5. The number of carbonyl (C=O) groups is 2. The number of alkyl halides is 3. The number of carboxylic acids is 1. The number of esters is 1. The van der Waals surface area contributed by atoms with Gasteiger partial charge in [0.2, 0.25) is 17.4 Å². The van der Waals surface area contributed by atoms with Gasteiger partial charge in [0.25, 0.3) is 0 Å². The van der Waals surface area contributed by atoms with Crippen LogP contribution in [0.15, 0.2) is 30.3 Å². The molecule has 1 aromatic heterocycles. The number of nitrogen functional groups attached to an aromatic ring is 1. The van der Waals surface area contributed by atoms with Gasteiger partial charge in [-0.1, -0.05) is 38.3 Å². The second kappa shape index (κ2) is 31.6. The van der Waals surface area contributed by atoms with Crippen LogP contribution in [0, 0.1) is 23.3 Å². The summed E-state index contributed by atoms with van der Waals surface area (Å²) in [6, 6.07) is 8.65. The van der Waals surface area contributed by atoms with Crippen molar-refractivity contribution in [2.45, 2.75) is 70.9 Å². The first-order valence-corrected chi connectivity index (χ1v) is 20.8. The lowest BCUT2D eigenvalue weighted by molar-refractivity contribution is -0.192. The van der Waals surface area contributed by atoms with E-state index < -0.39 is 47.1 Å². The summed E-state index contributed by atoms with van der Waals surface area (Å²) < 4.78 is 122. The Bertz CT molecular complexity index is 1750. The fourth-order valence-electron chi connectivity index (χ4n) is 5.67. The van der Waals surface area contributed by atoms with E-state index in [1.807, 2.05) is 0 Å². The molecule has 356 valence electrons. The number of anilines is 1. The Labute approximate surface area is 363 Å². The quantitative estimate of drug-likeness (QED) is 0.0209. The molecule has 0 fully saturated rings. The van der Waals surface area contributed by atoms with Crippen LogP contribution in [-0.2, 0) is 50.9 Å². The van der Waals surface area contributed by atoms with Crippen molar-refractivity contribution in [3.05, 3.63) is 64.7 Å². The Morgan fingerprint density at radius 2 is 1.17 bits per heavy atom. The van der Waals surface area contributed by atoms with Gasteiger partial charge in [0, 0.05) is 18.0 Å². The molecule has 0 saturated carbocycles. The number of aromatic nitrogens is 1. The van der Waals surface area contributed by atoms with Gasteiger partial charge in [-0.15, -0.1) is 0 Å². The van der Waals surface area contributed by atoms with Crippen molar-refractivity contribution in [3.63, 3.8) is 0 Å². The van der Waals surface area contributed by atoms with Gasteiger partial charge in [0.15, 0.2) is 11.6 Å². The maximum atomic E-state index is 13.6. The molecule has 0 saturated heterocycles. The van der Waals surface area contributed by atoms with Crippen molar-refractivity contribution >= 4 is 28.7 Å². The molecule has 0 atom stereocenters. The summed E-state index contributed by atoms with van der Waals surface area (Å²) in [6.07, 6.45) is 3.54. The largest absolute Gasteiger partial charge is 0.490 e. The Hall–Kier alpha value is -4.18. The second-order valence-corrected chi connectivity index (χ2v) is 14.1. The molecular weight excluding hydrogens is 851 g/mol. The van der Waals surface area contributed by atoms with E-state index in [-0.39, 0.29) is 32.3 Å². The summed E-state index contributed by atoms with van der Waals surface area (Å²) in [4.78, 5) is 27.6. The first-order valence-electron chi connectivity index (χ1n) is 20.8. The van der Waals surface area contributed by atoms with Crippen LogP contribution in [-0.4, -0.2) is 133 Å². The predicted octanol–water partition coefficient (Wildman–Crippen LogP) is 7.48. The average molecular weight is 912 g/mol. The third kappa shape index (κ3) is 23.4. The average Bonchev–Trinajstić information content (AvgIpc) is 3.23. The molecule has 13 nitrogen and oxygen atoms in total. The van der Waals surface area contributed by atoms with Crippen LogP contribution < -0.4 is 10.5 Å². The molecule has 20 heteroatoms. The molecule has 0 radical (unpaired) electrons. The Balaban J connectivity index is 0.00000179. The van der Waals surface area contributed by atoms with Gasteiger partial charge in [-0.05, 0) is 69.0 Å². The number of ether oxygens (including phenoxy) is 7. The number of benzene rings is 2. The van der Waals surface area contributed by atoms with Crippen LogP contribution in [0.1, 0.15) is 63.0 Å². The van der Waals surface area contributed by atoms with E-state index in [1.54, 1.807) is 0 Å². The van der Waals surface area contributed by atoms with Crippen molar-refractivity contribution < 1.29 is 78.6 Å². The zero-order valence-electron chi connectivity index (χ0n) is 35.9. The van der Waals surface area contributed by atoms with Crippen LogP contribution >= 0.6 is 0 Å². The highest BCUT2D eigenvalue weighted by molar-refractivity contribution is 5.84. The smallest absolute Gasteiger partial charge is 0.475 e. The molecule has 0 aliphatic carbocycles. The van der Waals surface area contributed by atoms with E-state index >= 15 is 0 Å². The lowest BCUT2D eigenvalue weighted by Gasteiger charge is -2.16. The first-order chi connectivity index (χ1) is 30.1. The molecular formula is C43H60F7N3O10. The van der Waals surface area contributed by atoms with Crippen LogP contribution in [0.25, 0.3) is 10.9 Å². The van der Waals surface area contributed by atoms with Crippen LogP contribution in [0.2, 0.25) is 0 Å². The van der Waals surface area contributed by atoms with Crippen LogP contribution in [0.5, 0.6) is 5.75 Å². The Morgan fingerprint density at radius 3 is 1.70 bits per heavy atom. The molecule has 63 heavy (non-hydrogen) atoms. The molecule has 3 N–H and O–H groups in total. The number of unbranched alkanes of at least 4 members (excludes halogenated alkanes) is 4. The summed E-state index contributed by atoms with van der Waals surface area (Å²) in [5, 5.41) is 8.36. The highest BCUT2D eigenvalue weighted by atomic mass is 19.4. The number of hydrogen-bond donors (Lipinski definition) is 2. The minimum atomic E-state index is -5.08. The lowest BCUT2D eigenvalue weighted by atomic mass is 9.99. The molecule has 0 bridgehead atoms. The third-order valence-corrected chi connectivity index (χ3v) is 9.06. The van der Waals surface area contributed by atoms with Crippen molar-refractivity contribution in [1.29, 1.82) is 0 Å². The number of aliphatic carboxylic acids is 1. The topological polar surface area (TPSA) is 161 Å². The number of carboxylic acid groups (broad SMARTS) is 1. The molecule has 3 aromatic rings. The van der Waals surface area contributed by atoms with E-state index in [2.05, 4.69) is 47.9 Å². The number of carbonyl (C=O) groups excluding carboxylic acids is 1. The first kappa shape index (κ1) is 55.0. The standard InChI is InChI=1S/C41H59F4N3O8.C2HF3O2/c1-3-4-6-11-32-29-33-31(12-9-13-36(33)47-41(32)46)10-7-5-8-15-48(2)16-18-51-20-22-53-24-26-55-28-27-54-25-23-52-21-19-50-17-14-37(49)56-40-38(44)34(42)30-35(43)39(40)45;3-2(4,5)1(6)7/h9,12-13,29-30H,3-8,10-11,14-28H2,1-2H3,(H2,46,47);(H,6,7). The number of halogens is 7. The number of pyridine rings is 1. The molecule has 0 unspecified atom stereocenters. The lowest BCUT2D eigenvalue weighted by Crippen LogP contribution is -2.25. The van der Waals surface area contributed by atoms with E-state index in [4.69, 9.17) is 49.0 Å². The van der Waals surface area contributed by atoms with Gasteiger partial charge in [-0.3, -0.25) is 4.79 Å². The van der Waals surface area contributed by atoms with Crippen LogP contribution in [0.3, 0.4) is 0 Å². The summed E-state index contributed by atoms with van der Waals surface area (Å²) in [6.45, 7) is 8.40. The molecule has 0 aliphatic heterocycles. The number of likely N-dealkylation sites (N-methyl/N-ethyl adjacent to an activating group) is 1. The Morgan fingerprint density at radius 1 is 0.683 bits per heavy atom. The van der Waals surface area contributed by atoms with Gasteiger partial charge in [-0.25, -0.2) is 18.6 Å². The highest BCUT2D eigenvalue weighted by Gasteiger charge is 2.38. The van der Waals surface area contributed by atoms with Gasteiger partial charge in [0.05, 0.1) is 91.2 Å². The molecule has 3 rings (SSSR count). The van der Waals surface area contributed by atoms with Crippen molar-refractivity contribution in [3.8, 4) is 5.75 Å². The number of rotatable bonds is 32.